The van der Waals surface area contributed by atoms with Crippen molar-refractivity contribution >= 4 is 29.6 Å². The van der Waals surface area contributed by atoms with Gasteiger partial charge in [0, 0.05) is 42.1 Å². The molecule has 7 heteroatoms. The molecule has 1 unspecified atom stereocenters. The molecule has 0 aromatic carbocycles. The van der Waals surface area contributed by atoms with Crippen LogP contribution in [0.2, 0.25) is 0 Å². The number of aliphatic hydroxyl groups is 1. The van der Waals surface area contributed by atoms with Crippen LogP contribution in [0.4, 0.5) is 0 Å². The Balaban J connectivity index is 0.00000144. The molecule has 13 heavy (non-hydrogen) atoms. The van der Waals surface area contributed by atoms with E-state index in [1.165, 1.54) is 5.01 Å². The molecule has 1 saturated heterocycles. The molecular formula is C6H13N3NaO3. The summed E-state index contributed by atoms with van der Waals surface area (Å²) < 4.78 is 0. The van der Waals surface area contributed by atoms with Crippen LogP contribution in [0.1, 0.15) is 12.8 Å². The summed E-state index contributed by atoms with van der Waals surface area (Å²) in [6, 6.07) is 0. The van der Waals surface area contributed by atoms with E-state index in [0.29, 0.717) is 13.1 Å². The van der Waals surface area contributed by atoms with Gasteiger partial charge in [0.25, 0.3) is 0 Å². The van der Waals surface area contributed by atoms with E-state index in [4.69, 9.17) is 10.3 Å². The fourth-order valence-electron chi connectivity index (χ4n) is 1.40. The van der Waals surface area contributed by atoms with E-state index in [0.717, 1.165) is 12.8 Å². The minimum absolute atomic E-state index is 0. The van der Waals surface area contributed by atoms with Crippen LogP contribution >= 0.6 is 0 Å². The Morgan fingerprint density at radius 2 is 2.31 bits per heavy atom. The number of hydrogen-bond donors (Lipinski definition) is 2. The van der Waals surface area contributed by atoms with E-state index in [1.54, 1.807) is 0 Å². The second-order valence-corrected chi connectivity index (χ2v) is 2.95. The molecule has 6 nitrogen and oxygen atoms in total. The van der Waals surface area contributed by atoms with Crippen molar-refractivity contribution in [3.63, 3.8) is 0 Å². The number of rotatable bonds is 2. The minimum Gasteiger partial charge on any atom is -0.569 e. The Morgan fingerprint density at radius 1 is 1.62 bits per heavy atom. The fourth-order valence-corrected chi connectivity index (χ4v) is 1.40. The Kier molecular flexibility index (Phi) is 6.40. The summed E-state index contributed by atoms with van der Waals surface area (Å²) in [5, 5.41) is 31.6. The van der Waals surface area contributed by atoms with Gasteiger partial charge in [-0.25, -0.2) is 0 Å². The average molecular weight is 198 g/mol. The van der Waals surface area contributed by atoms with Crippen LogP contribution in [0.25, 0.3) is 0 Å². The van der Waals surface area contributed by atoms with Gasteiger partial charge >= 0.3 is 0 Å². The first-order chi connectivity index (χ1) is 5.77. The molecule has 1 heterocycles. The van der Waals surface area contributed by atoms with Crippen molar-refractivity contribution in [3.05, 3.63) is 5.21 Å². The van der Waals surface area contributed by atoms with Gasteiger partial charge in [0.05, 0.1) is 18.1 Å². The molecule has 0 amide bonds. The predicted octanol–water partition coefficient (Wildman–Crippen LogP) is -0.423. The van der Waals surface area contributed by atoms with Crippen LogP contribution < -0.4 is 0 Å². The topological polar surface area (TPSA) is 82.1 Å². The normalized spacial score (nSPS) is 23.9. The second-order valence-electron chi connectivity index (χ2n) is 2.95. The van der Waals surface area contributed by atoms with Crippen LogP contribution in [0.5, 0.6) is 0 Å². The molecular weight excluding hydrogens is 185 g/mol. The number of aliphatic hydroxyl groups excluding tert-OH is 1. The molecule has 1 atom stereocenters. The van der Waals surface area contributed by atoms with Crippen molar-refractivity contribution in [1.82, 2.24) is 5.01 Å². The van der Waals surface area contributed by atoms with Gasteiger partial charge in [-0.1, -0.05) is 0 Å². The second kappa shape index (κ2) is 6.42. The zero-order valence-corrected chi connectivity index (χ0v) is 9.76. The smallest absolute Gasteiger partial charge is 0.230 e. The maximum absolute atomic E-state index is 10.8. The maximum Gasteiger partial charge on any atom is 0.230 e. The summed E-state index contributed by atoms with van der Waals surface area (Å²) in [5.74, 6) is 0.122. The molecule has 1 aliphatic heterocycles. The van der Waals surface area contributed by atoms with Gasteiger partial charge in [0.1, 0.15) is 0 Å². The third-order valence-corrected chi connectivity index (χ3v) is 2.07. The van der Waals surface area contributed by atoms with E-state index < -0.39 is 0 Å². The van der Waals surface area contributed by atoms with E-state index in [-0.39, 0.29) is 47.1 Å². The van der Waals surface area contributed by atoms with Gasteiger partial charge in [-0.05, 0) is 12.8 Å². The van der Waals surface area contributed by atoms with Gasteiger partial charge in [0.15, 0.2) is 0 Å². The first-order valence-electron chi connectivity index (χ1n) is 3.96. The van der Waals surface area contributed by atoms with Crippen LogP contribution in [-0.2, 0) is 0 Å². The summed E-state index contributed by atoms with van der Waals surface area (Å²) in [6.45, 7) is 1.13. The van der Waals surface area contributed by atoms with Crippen molar-refractivity contribution in [1.29, 1.82) is 0 Å². The Morgan fingerprint density at radius 3 is 2.85 bits per heavy atom. The van der Waals surface area contributed by atoms with Gasteiger partial charge < -0.3 is 15.5 Å². The van der Waals surface area contributed by atoms with E-state index in [1.807, 2.05) is 0 Å². The quantitative estimate of drug-likeness (QED) is 0.273. The monoisotopic (exact) mass is 198 g/mol. The molecule has 2 N–H and O–H groups in total. The average Bonchev–Trinajstić information content (AvgIpc) is 2.17. The zero-order chi connectivity index (χ0) is 8.97. The number of nitrogens with zero attached hydrogens (tertiary/aromatic N) is 3. The fraction of sp³-hybridized carbons (Fsp3) is 1.00. The third kappa shape index (κ3) is 3.68. The summed E-state index contributed by atoms with van der Waals surface area (Å²) in [6.07, 6.45) is 1.77. The van der Waals surface area contributed by atoms with Gasteiger partial charge in [-0.2, -0.15) is 0 Å². The minimum atomic E-state index is 0. The summed E-state index contributed by atoms with van der Waals surface area (Å²) in [7, 11) is 0. The molecule has 0 aromatic rings. The molecule has 0 aliphatic carbocycles. The Hall–Kier alpha value is -0.0400. The number of hydrazine groups is 1. The summed E-state index contributed by atoms with van der Waals surface area (Å²) in [5.41, 5.74) is 0. The summed E-state index contributed by atoms with van der Waals surface area (Å²) in [4.78, 5) is 0.168. The van der Waals surface area contributed by atoms with Gasteiger partial charge in [-0.15, -0.1) is 5.01 Å². The molecule has 0 bridgehead atoms. The molecule has 71 valence electrons. The number of hydrogen-bond acceptors (Lipinski definition) is 3. The van der Waals surface area contributed by atoms with Crippen molar-refractivity contribution in [3.8, 4) is 0 Å². The predicted molar refractivity (Wildman–Crippen MR) is 45.0 cm³/mol. The molecule has 1 rings (SSSR count). The van der Waals surface area contributed by atoms with Gasteiger partial charge in [0.2, 0.25) is 5.28 Å². The zero-order valence-electron chi connectivity index (χ0n) is 7.76. The Labute approximate surface area is 98.6 Å². The SMILES string of the molecule is [Na].[O-][N+](=NO)N1CCCC(CO)C1. The van der Waals surface area contributed by atoms with Crippen LogP contribution in [0, 0.1) is 11.1 Å². The number of piperidine rings is 1. The van der Waals surface area contributed by atoms with E-state index >= 15 is 0 Å². The first-order valence-corrected chi connectivity index (χ1v) is 3.96. The first kappa shape index (κ1) is 13.0. The van der Waals surface area contributed by atoms with Crippen LogP contribution in [0.15, 0.2) is 5.28 Å². The third-order valence-electron chi connectivity index (χ3n) is 2.07. The summed E-state index contributed by atoms with van der Waals surface area (Å²) >= 11 is 0. The van der Waals surface area contributed by atoms with Crippen LogP contribution in [0.3, 0.4) is 0 Å². The molecule has 1 aliphatic rings. The van der Waals surface area contributed by atoms with Crippen LogP contribution in [-0.4, -0.2) is 69.5 Å². The van der Waals surface area contributed by atoms with Crippen molar-refractivity contribution in [2.75, 3.05) is 19.7 Å². The van der Waals surface area contributed by atoms with Crippen molar-refractivity contribution < 1.29 is 15.3 Å². The molecule has 1 fully saturated rings. The molecule has 0 aromatic heterocycles. The Bertz CT molecular complexity index is 179. The van der Waals surface area contributed by atoms with Crippen molar-refractivity contribution in [2.24, 2.45) is 11.2 Å². The van der Waals surface area contributed by atoms with Gasteiger partial charge in [-0.3, -0.25) is 0 Å². The molecule has 0 spiro atoms. The molecule has 1 radical (unpaired) electrons. The maximum atomic E-state index is 10.8. The molecule has 0 saturated carbocycles. The van der Waals surface area contributed by atoms with E-state index in [2.05, 4.69) is 5.28 Å². The standard InChI is InChI=1S/C6H13N3O3.Na/c10-5-6-2-1-3-8(4-6)9(12)7-11;/h6,10-11H,1-5H2;. The van der Waals surface area contributed by atoms with E-state index in [9.17, 15) is 5.21 Å². The van der Waals surface area contributed by atoms with Crippen molar-refractivity contribution in [2.45, 2.75) is 12.8 Å². The largest absolute Gasteiger partial charge is 0.569 e.